The van der Waals surface area contributed by atoms with Gasteiger partial charge in [-0.3, -0.25) is 0 Å². The van der Waals surface area contributed by atoms with Gasteiger partial charge in [0.05, 0.1) is 13.7 Å². The normalized spacial score (nSPS) is 10.9. The fraction of sp³-hybridized carbons (Fsp3) is 0.261. The second-order valence-corrected chi connectivity index (χ2v) is 7.07. The summed E-state index contributed by atoms with van der Waals surface area (Å²) in [7, 11) is 1.65. The Morgan fingerprint density at radius 3 is 2.50 bits per heavy atom. The molecule has 0 amide bonds. The third-order valence-electron chi connectivity index (χ3n) is 4.75. The standard InChI is InChI=1S/C23H25N5O2/c1-5-30-19-11-8-17(13-20(19)29-4)14-24-21-12-16(3)25-23-26-22(27-28(21)23)18-9-6-15(2)7-10-18/h6-13,24H,5,14H2,1-4H3. The van der Waals surface area contributed by atoms with Crippen LogP contribution in [-0.4, -0.2) is 33.3 Å². The van der Waals surface area contributed by atoms with Gasteiger partial charge >= 0.3 is 0 Å². The second kappa shape index (κ2) is 8.41. The number of hydrogen-bond acceptors (Lipinski definition) is 6. The minimum Gasteiger partial charge on any atom is -0.493 e. The van der Waals surface area contributed by atoms with Gasteiger partial charge < -0.3 is 14.8 Å². The zero-order valence-corrected chi connectivity index (χ0v) is 17.6. The van der Waals surface area contributed by atoms with E-state index in [0.29, 0.717) is 24.8 Å². The maximum Gasteiger partial charge on any atom is 0.254 e. The first-order valence-electron chi connectivity index (χ1n) is 9.92. The van der Waals surface area contributed by atoms with Gasteiger partial charge in [0.15, 0.2) is 17.3 Å². The summed E-state index contributed by atoms with van der Waals surface area (Å²) in [6.45, 7) is 7.16. The van der Waals surface area contributed by atoms with Gasteiger partial charge in [-0.2, -0.15) is 9.50 Å². The molecule has 0 saturated heterocycles. The van der Waals surface area contributed by atoms with Crippen molar-refractivity contribution in [3.05, 3.63) is 65.4 Å². The van der Waals surface area contributed by atoms with Crippen molar-refractivity contribution in [2.45, 2.75) is 27.3 Å². The van der Waals surface area contributed by atoms with Crippen LogP contribution in [-0.2, 0) is 6.54 Å². The van der Waals surface area contributed by atoms with Crippen LogP contribution in [0.1, 0.15) is 23.7 Å². The van der Waals surface area contributed by atoms with Crippen LogP contribution in [0, 0.1) is 13.8 Å². The summed E-state index contributed by atoms with van der Waals surface area (Å²) in [5, 5.41) is 8.12. The third kappa shape index (κ3) is 4.05. The maximum absolute atomic E-state index is 5.60. The van der Waals surface area contributed by atoms with Crippen molar-refractivity contribution in [1.82, 2.24) is 19.6 Å². The van der Waals surface area contributed by atoms with Crippen molar-refractivity contribution in [1.29, 1.82) is 0 Å². The fourth-order valence-corrected chi connectivity index (χ4v) is 3.23. The number of aryl methyl sites for hydroxylation is 2. The van der Waals surface area contributed by atoms with Gasteiger partial charge in [0.2, 0.25) is 0 Å². The number of nitrogens with one attached hydrogen (secondary N) is 1. The predicted octanol–water partition coefficient (Wildman–Crippen LogP) is 4.43. The van der Waals surface area contributed by atoms with Gasteiger partial charge in [0.1, 0.15) is 5.82 Å². The quantitative estimate of drug-likeness (QED) is 0.492. The number of anilines is 1. The third-order valence-corrected chi connectivity index (χ3v) is 4.75. The summed E-state index contributed by atoms with van der Waals surface area (Å²) < 4.78 is 12.8. The molecule has 2 aromatic heterocycles. The number of benzene rings is 2. The average Bonchev–Trinajstić information content (AvgIpc) is 3.17. The van der Waals surface area contributed by atoms with E-state index in [9.17, 15) is 0 Å². The molecule has 1 N–H and O–H groups in total. The lowest BCUT2D eigenvalue weighted by Gasteiger charge is -2.12. The molecule has 0 unspecified atom stereocenters. The maximum atomic E-state index is 5.60. The molecule has 7 nitrogen and oxygen atoms in total. The van der Waals surface area contributed by atoms with Crippen molar-refractivity contribution in [3.63, 3.8) is 0 Å². The van der Waals surface area contributed by atoms with E-state index in [1.54, 1.807) is 11.6 Å². The van der Waals surface area contributed by atoms with E-state index in [0.717, 1.165) is 34.1 Å². The lowest BCUT2D eigenvalue weighted by atomic mass is 10.1. The van der Waals surface area contributed by atoms with Crippen molar-refractivity contribution in [2.75, 3.05) is 19.0 Å². The molecule has 4 aromatic rings. The Morgan fingerprint density at radius 1 is 0.967 bits per heavy atom. The SMILES string of the molecule is CCOc1ccc(CNc2cc(C)nc3nc(-c4ccc(C)cc4)nn23)cc1OC. The number of hydrogen-bond donors (Lipinski definition) is 1. The summed E-state index contributed by atoms with van der Waals surface area (Å²) >= 11 is 0. The van der Waals surface area contributed by atoms with Crippen LogP contribution in [0.4, 0.5) is 5.82 Å². The van der Waals surface area contributed by atoms with Gasteiger partial charge in [0.25, 0.3) is 5.78 Å². The minimum absolute atomic E-state index is 0.567. The largest absolute Gasteiger partial charge is 0.493 e. The lowest BCUT2D eigenvalue weighted by molar-refractivity contribution is 0.310. The van der Waals surface area contributed by atoms with Gasteiger partial charge in [-0.15, -0.1) is 5.10 Å². The number of ether oxygens (including phenoxy) is 2. The molecule has 0 atom stereocenters. The molecule has 30 heavy (non-hydrogen) atoms. The van der Waals surface area contributed by atoms with Crippen LogP contribution in [0.25, 0.3) is 17.2 Å². The van der Waals surface area contributed by atoms with Crippen molar-refractivity contribution < 1.29 is 9.47 Å². The zero-order chi connectivity index (χ0) is 21.1. The van der Waals surface area contributed by atoms with E-state index in [1.165, 1.54) is 5.56 Å². The van der Waals surface area contributed by atoms with Gasteiger partial charge in [-0.25, -0.2) is 4.98 Å². The molecule has 0 bridgehead atoms. The van der Waals surface area contributed by atoms with Crippen molar-refractivity contribution >= 4 is 11.6 Å². The van der Waals surface area contributed by atoms with Gasteiger partial charge in [0, 0.05) is 23.9 Å². The Balaban J connectivity index is 1.62. The molecule has 0 aliphatic rings. The molecule has 0 spiro atoms. The molecule has 0 aliphatic heterocycles. The van der Waals surface area contributed by atoms with Crippen molar-refractivity contribution in [3.8, 4) is 22.9 Å². The molecule has 0 fully saturated rings. The fourth-order valence-electron chi connectivity index (χ4n) is 3.23. The van der Waals surface area contributed by atoms with E-state index >= 15 is 0 Å². The molecule has 0 saturated carbocycles. The Morgan fingerprint density at radius 2 is 1.77 bits per heavy atom. The summed E-state index contributed by atoms with van der Waals surface area (Å²) in [6.07, 6.45) is 0. The smallest absolute Gasteiger partial charge is 0.254 e. The number of methoxy groups -OCH3 is 1. The van der Waals surface area contributed by atoms with E-state index in [-0.39, 0.29) is 0 Å². The van der Waals surface area contributed by atoms with Crippen molar-refractivity contribution in [2.24, 2.45) is 0 Å². The minimum atomic E-state index is 0.567. The molecule has 2 aromatic carbocycles. The molecule has 7 heteroatoms. The Bertz CT molecular complexity index is 1170. The average molecular weight is 403 g/mol. The molecule has 154 valence electrons. The first-order valence-corrected chi connectivity index (χ1v) is 9.92. The Hall–Kier alpha value is -3.61. The van der Waals surface area contributed by atoms with Crippen LogP contribution in [0.15, 0.2) is 48.5 Å². The van der Waals surface area contributed by atoms with E-state index in [2.05, 4.69) is 39.4 Å². The van der Waals surface area contributed by atoms with Gasteiger partial charge in [-0.05, 0) is 38.5 Å². The highest BCUT2D eigenvalue weighted by Gasteiger charge is 2.12. The van der Waals surface area contributed by atoms with E-state index < -0.39 is 0 Å². The monoisotopic (exact) mass is 403 g/mol. The number of fused-ring (bicyclic) bond motifs is 1. The van der Waals surface area contributed by atoms with Crippen LogP contribution in [0.5, 0.6) is 11.5 Å². The van der Waals surface area contributed by atoms with E-state index in [1.807, 2.05) is 50.2 Å². The number of aromatic nitrogens is 4. The van der Waals surface area contributed by atoms with Crippen LogP contribution in [0.3, 0.4) is 0 Å². The Labute approximate surface area is 175 Å². The van der Waals surface area contributed by atoms with E-state index in [4.69, 9.17) is 9.47 Å². The molecule has 0 radical (unpaired) electrons. The highest BCUT2D eigenvalue weighted by atomic mass is 16.5. The summed E-state index contributed by atoms with van der Waals surface area (Å²) in [5.74, 6) is 3.51. The Kier molecular flexibility index (Phi) is 5.52. The molecule has 4 rings (SSSR count). The first kappa shape index (κ1) is 19.7. The topological polar surface area (TPSA) is 73.6 Å². The van der Waals surface area contributed by atoms with Crippen LogP contribution < -0.4 is 14.8 Å². The summed E-state index contributed by atoms with van der Waals surface area (Å²) in [4.78, 5) is 9.14. The highest BCUT2D eigenvalue weighted by molar-refractivity contribution is 5.59. The second-order valence-electron chi connectivity index (χ2n) is 7.07. The summed E-state index contributed by atoms with van der Waals surface area (Å²) in [5.41, 5.74) is 4.10. The summed E-state index contributed by atoms with van der Waals surface area (Å²) in [6, 6.07) is 16.0. The molecule has 2 heterocycles. The van der Waals surface area contributed by atoms with Crippen LogP contribution in [0.2, 0.25) is 0 Å². The molecular formula is C23H25N5O2. The lowest BCUT2D eigenvalue weighted by Crippen LogP contribution is -2.07. The van der Waals surface area contributed by atoms with Gasteiger partial charge in [-0.1, -0.05) is 35.9 Å². The zero-order valence-electron chi connectivity index (χ0n) is 17.6. The highest BCUT2D eigenvalue weighted by Crippen LogP contribution is 2.28. The number of rotatable bonds is 7. The molecule has 0 aliphatic carbocycles. The van der Waals surface area contributed by atoms with Crippen LogP contribution >= 0.6 is 0 Å². The molecular weight excluding hydrogens is 378 g/mol. The first-order chi connectivity index (χ1) is 14.6. The number of nitrogens with zero attached hydrogens (tertiary/aromatic N) is 4. The predicted molar refractivity (Wildman–Crippen MR) is 117 cm³/mol.